The first kappa shape index (κ1) is 14.1. The maximum absolute atomic E-state index is 12.1. The third kappa shape index (κ3) is 3.00. The summed E-state index contributed by atoms with van der Waals surface area (Å²) in [6.07, 6.45) is 0. The van der Waals surface area contributed by atoms with Crippen LogP contribution < -0.4 is 15.8 Å². The summed E-state index contributed by atoms with van der Waals surface area (Å²) in [5.41, 5.74) is 6.28. The Morgan fingerprint density at radius 2 is 2.30 bits per heavy atom. The number of carbonyl (C=O) groups is 1. The highest BCUT2D eigenvalue weighted by Crippen LogP contribution is 2.28. The maximum atomic E-state index is 12.1. The number of nitrogens with zero attached hydrogens (tertiary/aromatic N) is 2. The molecule has 1 aromatic carbocycles. The molecule has 0 saturated carbocycles. The van der Waals surface area contributed by atoms with Crippen molar-refractivity contribution in [3.05, 3.63) is 34.4 Å². The monoisotopic (exact) mass is 296 g/mol. The van der Waals surface area contributed by atoms with Gasteiger partial charge in [0.25, 0.3) is 5.91 Å². The molecule has 0 aliphatic heterocycles. The Morgan fingerprint density at radius 3 is 2.90 bits per heavy atom. The Balaban J connectivity index is 2.14. The number of aromatic nitrogens is 2. The summed E-state index contributed by atoms with van der Waals surface area (Å²) in [6, 6.07) is 2.95. The van der Waals surface area contributed by atoms with Gasteiger partial charge in [0.05, 0.1) is 29.9 Å². The highest BCUT2D eigenvalue weighted by Gasteiger charge is 2.15. The van der Waals surface area contributed by atoms with Crippen molar-refractivity contribution in [3.8, 4) is 5.75 Å². The van der Waals surface area contributed by atoms with Gasteiger partial charge in [-0.1, -0.05) is 16.8 Å². The highest BCUT2D eigenvalue weighted by molar-refractivity contribution is 6.33. The standard InChI is InChI=1S/C12H13ClN4O3/c1-6-16-11(17-20-6)5-15-12(18)7-3-8(13)9(14)4-10(7)19-2/h3-4H,5,14H2,1-2H3,(H,15,18). The zero-order valence-electron chi connectivity index (χ0n) is 10.9. The molecular formula is C12H13ClN4O3. The minimum absolute atomic E-state index is 0.140. The lowest BCUT2D eigenvalue weighted by Crippen LogP contribution is -2.24. The number of nitrogens with two attached hydrogens (primary N) is 1. The Kier molecular flexibility index (Phi) is 4.09. The van der Waals surface area contributed by atoms with Crippen molar-refractivity contribution in [1.29, 1.82) is 0 Å². The van der Waals surface area contributed by atoms with Crippen LogP contribution in [0.3, 0.4) is 0 Å². The fourth-order valence-corrected chi connectivity index (χ4v) is 1.75. The van der Waals surface area contributed by atoms with E-state index in [1.807, 2.05) is 0 Å². The number of benzene rings is 1. The SMILES string of the molecule is COc1cc(N)c(Cl)cc1C(=O)NCc1noc(C)n1. The van der Waals surface area contributed by atoms with Gasteiger partial charge >= 0.3 is 0 Å². The lowest BCUT2D eigenvalue weighted by Gasteiger charge is -2.10. The molecule has 0 spiro atoms. The molecule has 8 heteroatoms. The Bertz CT molecular complexity index is 642. The van der Waals surface area contributed by atoms with Gasteiger partial charge in [-0.3, -0.25) is 4.79 Å². The van der Waals surface area contributed by atoms with E-state index in [1.165, 1.54) is 19.2 Å². The average molecular weight is 297 g/mol. The number of carbonyl (C=O) groups excluding carboxylic acids is 1. The van der Waals surface area contributed by atoms with Crippen molar-refractivity contribution < 1.29 is 14.1 Å². The smallest absolute Gasteiger partial charge is 0.255 e. The van der Waals surface area contributed by atoms with Crippen molar-refractivity contribution >= 4 is 23.2 Å². The fourth-order valence-electron chi connectivity index (χ4n) is 1.58. The summed E-state index contributed by atoms with van der Waals surface area (Å²) in [5.74, 6) is 0.790. The van der Waals surface area contributed by atoms with Crippen LogP contribution in [-0.4, -0.2) is 23.2 Å². The normalized spacial score (nSPS) is 10.3. The molecule has 0 atom stereocenters. The highest BCUT2D eigenvalue weighted by atomic mass is 35.5. The van der Waals surface area contributed by atoms with Gasteiger partial charge in [-0.05, 0) is 6.07 Å². The molecule has 20 heavy (non-hydrogen) atoms. The molecule has 0 aliphatic carbocycles. The first-order valence-electron chi connectivity index (χ1n) is 5.71. The van der Waals surface area contributed by atoms with Crippen LogP contribution in [0.1, 0.15) is 22.1 Å². The number of ether oxygens (including phenoxy) is 1. The molecule has 1 heterocycles. The van der Waals surface area contributed by atoms with E-state index in [-0.39, 0.29) is 23.0 Å². The Morgan fingerprint density at radius 1 is 1.55 bits per heavy atom. The molecule has 0 radical (unpaired) electrons. The summed E-state index contributed by atoms with van der Waals surface area (Å²) in [7, 11) is 1.45. The number of rotatable bonds is 4. The third-order valence-electron chi connectivity index (χ3n) is 2.54. The predicted molar refractivity (Wildman–Crippen MR) is 72.6 cm³/mol. The molecule has 0 fully saturated rings. The second-order valence-corrected chi connectivity index (χ2v) is 4.39. The van der Waals surface area contributed by atoms with E-state index in [4.69, 9.17) is 26.6 Å². The molecule has 106 valence electrons. The summed E-state index contributed by atoms with van der Waals surface area (Å²) in [6.45, 7) is 1.81. The number of hydrogen-bond acceptors (Lipinski definition) is 6. The number of anilines is 1. The maximum Gasteiger partial charge on any atom is 0.255 e. The van der Waals surface area contributed by atoms with Crippen LogP contribution in [0.2, 0.25) is 5.02 Å². The average Bonchev–Trinajstić information content (AvgIpc) is 2.84. The van der Waals surface area contributed by atoms with E-state index in [0.29, 0.717) is 23.2 Å². The van der Waals surface area contributed by atoms with Gasteiger partial charge in [0.15, 0.2) is 5.82 Å². The molecule has 0 unspecified atom stereocenters. The molecule has 2 aromatic rings. The Hall–Kier alpha value is -2.28. The molecule has 2 rings (SSSR count). The molecule has 7 nitrogen and oxygen atoms in total. The van der Waals surface area contributed by atoms with Crippen molar-refractivity contribution in [2.45, 2.75) is 13.5 Å². The number of hydrogen-bond donors (Lipinski definition) is 2. The quantitative estimate of drug-likeness (QED) is 0.830. The molecule has 0 aliphatic rings. The lowest BCUT2D eigenvalue weighted by atomic mass is 10.1. The number of amides is 1. The van der Waals surface area contributed by atoms with Crippen LogP contribution in [0.25, 0.3) is 0 Å². The minimum atomic E-state index is -0.369. The van der Waals surface area contributed by atoms with Crippen LogP contribution in [0.4, 0.5) is 5.69 Å². The van der Waals surface area contributed by atoms with Crippen LogP contribution in [-0.2, 0) is 6.54 Å². The lowest BCUT2D eigenvalue weighted by molar-refractivity contribution is 0.0946. The van der Waals surface area contributed by atoms with E-state index in [0.717, 1.165) is 0 Å². The molecule has 0 bridgehead atoms. The second-order valence-electron chi connectivity index (χ2n) is 3.99. The Labute approximate surface area is 120 Å². The largest absolute Gasteiger partial charge is 0.496 e. The number of nitrogen functional groups attached to an aromatic ring is 1. The summed E-state index contributed by atoms with van der Waals surface area (Å²) >= 11 is 5.91. The molecular weight excluding hydrogens is 284 g/mol. The van der Waals surface area contributed by atoms with Gasteiger partial charge in [-0.25, -0.2) is 0 Å². The van der Waals surface area contributed by atoms with Gasteiger partial charge in [0, 0.05) is 13.0 Å². The topological polar surface area (TPSA) is 103 Å². The van der Waals surface area contributed by atoms with Gasteiger partial charge in [-0.15, -0.1) is 0 Å². The fraction of sp³-hybridized carbons (Fsp3) is 0.250. The van der Waals surface area contributed by atoms with Crippen LogP contribution in [0.15, 0.2) is 16.7 Å². The molecule has 1 aromatic heterocycles. The van der Waals surface area contributed by atoms with E-state index >= 15 is 0 Å². The predicted octanol–water partition coefficient (Wildman–Crippen LogP) is 1.55. The van der Waals surface area contributed by atoms with Gasteiger partial charge in [0.2, 0.25) is 5.89 Å². The summed E-state index contributed by atoms with van der Waals surface area (Å²) in [4.78, 5) is 16.1. The number of nitrogens with one attached hydrogen (secondary N) is 1. The van der Waals surface area contributed by atoms with Gasteiger partial charge < -0.3 is 20.3 Å². The van der Waals surface area contributed by atoms with E-state index in [1.54, 1.807) is 6.92 Å². The van der Waals surface area contributed by atoms with Crippen molar-refractivity contribution in [2.75, 3.05) is 12.8 Å². The van der Waals surface area contributed by atoms with Gasteiger partial charge in [-0.2, -0.15) is 4.98 Å². The zero-order chi connectivity index (χ0) is 14.7. The zero-order valence-corrected chi connectivity index (χ0v) is 11.7. The molecule has 1 amide bonds. The summed E-state index contributed by atoms with van der Waals surface area (Å²) < 4.78 is 9.92. The molecule has 3 N–H and O–H groups in total. The number of halogens is 1. The van der Waals surface area contributed by atoms with Crippen LogP contribution >= 0.6 is 11.6 Å². The third-order valence-corrected chi connectivity index (χ3v) is 2.87. The van der Waals surface area contributed by atoms with E-state index in [9.17, 15) is 4.79 Å². The first-order valence-corrected chi connectivity index (χ1v) is 6.09. The van der Waals surface area contributed by atoms with Crippen molar-refractivity contribution in [1.82, 2.24) is 15.5 Å². The summed E-state index contributed by atoms with van der Waals surface area (Å²) in [5, 5.41) is 6.61. The minimum Gasteiger partial charge on any atom is -0.496 e. The number of methoxy groups -OCH3 is 1. The van der Waals surface area contributed by atoms with Crippen molar-refractivity contribution in [3.63, 3.8) is 0 Å². The van der Waals surface area contributed by atoms with Crippen LogP contribution in [0.5, 0.6) is 5.75 Å². The second kappa shape index (κ2) is 5.79. The van der Waals surface area contributed by atoms with E-state index < -0.39 is 0 Å². The molecule has 0 saturated heterocycles. The first-order chi connectivity index (χ1) is 9.51. The van der Waals surface area contributed by atoms with E-state index in [2.05, 4.69) is 15.5 Å². The number of aryl methyl sites for hydroxylation is 1. The van der Waals surface area contributed by atoms with Crippen LogP contribution in [0, 0.1) is 6.92 Å². The van der Waals surface area contributed by atoms with Crippen molar-refractivity contribution in [2.24, 2.45) is 0 Å². The van der Waals surface area contributed by atoms with Gasteiger partial charge in [0.1, 0.15) is 5.75 Å².